The molecule has 4 heteroatoms. The summed E-state index contributed by atoms with van der Waals surface area (Å²) in [5, 5.41) is 0. The third-order valence-electron chi connectivity index (χ3n) is 3.90. The standard InChI is InChI=1S/C23H21NO3/c1-3-26-22-16-19(8-7-18-11-13-24-14-12-18)9-10-21(22)27-23(25)20-6-4-5-17(2)15-20/h4-16H,3H2,1-2H3/b8-7+. The molecular weight excluding hydrogens is 338 g/mol. The van der Waals surface area contributed by atoms with Crippen LogP contribution in [0.4, 0.5) is 0 Å². The van der Waals surface area contributed by atoms with Crippen LogP contribution in [0.15, 0.2) is 67.0 Å². The van der Waals surface area contributed by atoms with Crippen LogP contribution in [0.25, 0.3) is 12.2 Å². The Morgan fingerprint density at radius 3 is 2.48 bits per heavy atom. The van der Waals surface area contributed by atoms with E-state index in [1.54, 1.807) is 30.6 Å². The monoisotopic (exact) mass is 359 g/mol. The summed E-state index contributed by atoms with van der Waals surface area (Å²) < 4.78 is 11.2. The van der Waals surface area contributed by atoms with E-state index in [2.05, 4.69) is 4.98 Å². The molecule has 0 aliphatic carbocycles. The average Bonchev–Trinajstić information content (AvgIpc) is 2.69. The second-order valence-corrected chi connectivity index (χ2v) is 6.01. The van der Waals surface area contributed by atoms with E-state index in [4.69, 9.17) is 9.47 Å². The number of nitrogens with zero attached hydrogens (tertiary/aromatic N) is 1. The van der Waals surface area contributed by atoms with Crippen LogP contribution in [-0.2, 0) is 0 Å². The first kappa shape index (κ1) is 18.4. The smallest absolute Gasteiger partial charge is 0.343 e. The number of carbonyl (C=O) groups is 1. The zero-order chi connectivity index (χ0) is 19.1. The van der Waals surface area contributed by atoms with E-state index < -0.39 is 5.97 Å². The molecule has 3 aromatic rings. The fourth-order valence-corrected chi connectivity index (χ4v) is 2.58. The molecule has 0 aliphatic heterocycles. The highest BCUT2D eigenvalue weighted by molar-refractivity contribution is 5.91. The third kappa shape index (κ3) is 5.05. The first-order valence-corrected chi connectivity index (χ1v) is 8.79. The molecule has 0 saturated carbocycles. The molecular formula is C23H21NO3. The summed E-state index contributed by atoms with van der Waals surface area (Å²) in [7, 11) is 0. The fraction of sp³-hybridized carbons (Fsp3) is 0.130. The lowest BCUT2D eigenvalue weighted by Gasteiger charge is -2.11. The van der Waals surface area contributed by atoms with Crippen LogP contribution in [0, 0.1) is 6.92 Å². The lowest BCUT2D eigenvalue weighted by Crippen LogP contribution is -2.09. The number of hydrogen-bond acceptors (Lipinski definition) is 4. The predicted octanol–water partition coefficient (Wildman–Crippen LogP) is 5.18. The van der Waals surface area contributed by atoms with Crippen LogP contribution in [0.1, 0.15) is 34.0 Å². The van der Waals surface area contributed by atoms with Gasteiger partial charge < -0.3 is 9.47 Å². The van der Waals surface area contributed by atoms with Crippen molar-refractivity contribution in [3.63, 3.8) is 0 Å². The van der Waals surface area contributed by atoms with E-state index >= 15 is 0 Å². The van der Waals surface area contributed by atoms with Gasteiger partial charge in [-0.15, -0.1) is 0 Å². The maximum Gasteiger partial charge on any atom is 0.343 e. The summed E-state index contributed by atoms with van der Waals surface area (Å²) in [6, 6.07) is 16.7. The van der Waals surface area contributed by atoms with Crippen LogP contribution in [0.5, 0.6) is 11.5 Å². The van der Waals surface area contributed by atoms with Gasteiger partial charge in [-0.3, -0.25) is 4.98 Å². The summed E-state index contributed by atoms with van der Waals surface area (Å²) in [6.07, 6.45) is 7.47. The van der Waals surface area contributed by atoms with Crippen molar-refractivity contribution in [2.75, 3.05) is 6.61 Å². The van der Waals surface area contributed by atoms with Gasteiger partial charge in [0.1, 0.15) is 0 Å². The zero-order valence-electron chi connectivity index (χ0n) is 15.4. The molecule has 27 heavy (non-hydrogen) atoms. The summed E-state index contributed by atoms with van der Waals surface area (Å²) >= 11 is 0. The van der Waals surface area contributed by atoms with Crippen LogP contribution in [-0.4, -0.2) is 17.6 Å². The lowest BCUT2D eigenvalue weighted by atomic mass is 10.1. The van der Waals surface area contributed by atoms with Crippen molar-refractivity contribution >= 4 is 18.1 Å². The Balaban J connectivity index is 1.81. The van der Waals surface area contributed by atoms with Gasteiger partial charge in [-0.25, -0.2) is 4.79 Å². The Morgan fingerprint density at radius 1 is 0.963 bits per heavy atom. The van der Waals surface area contributed by atoms with Crippen LogP contribution in [0.2, 0.25) is 0 Å². The van der Waals surface area contributed by atoms with Crippen molar-refractivity contribution in [3.8, 4) is 11.5 Å². The van der Waals surface area contributed by atoms with Crippen LogP contribution in [0.3, 0.4) is 0 Å². The molecule has 0 saturated heterocycles. The van der Waals surface area contributed by atoms with Gasteiger partial charge in [0.15, 0.2) is 11.5 Å². The molecule has 0 aliphatic rings. The van der Waals surface area contributed by atoms with Gasteiger partial charge in [-0.2, -0.15) is 0 Å². The number of pyridine rings is 1. The molecule has 1 heterocycles. The minimum Gasteiger partial charge on any atom is -0.490 e. The van der Waals surface area contributed by atoms with E-state index in [-0.39, 0.29) is 0 Å². The molecule has 136 valence electrons. The molecule has 1 aromatic heterocycles. The van der Waals surface area contributed by atoms with E-state index in [9.17, 15) is 4.79 Å². The maximum absolute atomic E-state index is 12.4. The highest BCUT2D eigenvalue weighted by Crippen LogP contribution is 2.30. The first-order chi connectivity index (χ1) is 13.2. The Kier molecular flexibility index (Phi) is 6.00. The Labute approximate surface area is 159 Å². The van der Waals surface area contributed by atoms with Gasteiger partial charge in [0.25, 0.3) is 0 Å². The number of aromatic nitrogens is 1. The number of esters is 1. The molecule has 0 bridgehead atoms. The second kappa shape index (κ2) is 8.81. The number of carbonyl (C=O) groups excluding carboxylic acids is 1. The number of rotatable bonds is 6. The third-order valence-corrected chi connectivity index (χ3v) is 3.90. The predicted molar refractivity (Wildman–Crippen MR) is 107 cm³/mol. The SMILES string of the molecule is CCOc1cc(/C=C/c2ccncc2)ccc1OC(=O)c1cccc(C)c1. The van der Waals surface area contributed by atoms with Gasteiger partial charge >= 0.3 is 5.97 Å². The minimum atomic E-state index is -0.403. The normalized spacial score (nSPS) is 10.7. The number of ether oxygens (including phenoxy) is 2. The molecule has 0 unspecified atom stereocenters. The van der Waals surface area contributed by atoms with Crippen LogP contribution >= 0.6 is 0 Å². The Hall–Kier alpha value is -3.40. The van der Waals surface area contributed by atoms with Crippen molar-refractivity contribution in [2.45, 2.75) is 13.8 Å². The molecule has 0 radical (unpaired) electrons. The van der Waals surface area contributed by atoms with E-state index in [0.29, 0.717) is 23.7 Å². The molecule has 0 fully saturated rings. The molecule has 4 nitrogen and oxygen atoms in total. The van der Waals surface area contributed by atoms with Gasteiger partial charge in [0.05, 0.1) is 12.2 Å². The van der Waals surface area contributed by atoms with E-state index in [1.807, 2.05) is 62.4 Å². The maximum atomic E-state index is 12.4. The van der Waals surface area contributed by atoms with E-state index in [0.717, 1.165) is 16.7 Å². The second-order valence-electron chi connectivity index (χ2n) is 6.01. The quantitative estimate of drug-likeness (QED) is 0.449. The van der Waals surface area contributed by atoms with Crippen molar-refractivity contribution in [3.05, 3.63) is 89.2 Å². The van der Waals surface area contributed by atoms with Crippen molar-refractivity contribution in [1.29, 1.82) is 0 Å². The van der Waals surface area contributed by atoms with E-state index in [1.165, 1.54) is 0 Å². The minimum absolute atomic E-state index is 0.403. The highest BCUT2D eigenvalue weighted by Gasteiger charge is 2.13. The van der Waals surface area contributed by atoms with Crippen LogP contribution < -0.4 is 9.47 Å². The molecule has 0 amide bonds. The van der Waals surface area contributed by atoms with Gasteiger partial charge in [-0.1, -0.05) is 35.9 Å². The van der Waals surface area contributed by atoms with Crippen molar-refractivity contribution < 1.29 is 14.3 Å². The molecule has 0 atom stereocenters. The summed E-state index contributed by atoms with van der Waals surface area (Å²) in [6.45, 7) is 4.31. The van der Waals surface area contributed by atoms with Gasteiger partial charge in [0.2, 0.25) is 0 Å². The summed E-state index contributed by atoms with van der Waals surface area (Å²) in [4.78, 5) is 16.4. The number of aryl methyl sites for hydroxylation is 1. The highest BCUT2D eigenvalue weighted by atomic mass is 16.6. The molecule has 0 spiro atoms. The molecule has 2 aromatic carbocycles. The van der Waals surface area contributed by atoms with Crippen molar-refractivity contribution in [1.82, 2.24) is 4.98 Å². The van der Waals surface area contributed by atoms with Gasteiger partial charge in [-0.05, 0) is 61.4 Å². The molecule has 3 rings (SSSR count). The topological polar surface area (TPSA) is 48.4 Å². The summed E-state index contributed by atoms with van der Waals surface area (Å²) in [5.41, 5.74) is 3.52. The summed E-state index contributed by atoms with van der Waals surface area (Å²) in [5.74, 6) is 0.541. The lowest BCUT2D eigenvalue weighted by molar-refractivity contribution is 0.0728. The average molecular weight is 359 g/mol. The Bertz CT molecular complexity index is 949. The first-order valence-electron chi connectivity index (χ1n) is 8.79. The fourth-order valence-electron chi connectivity index (χ4n) is 2.58. The molecule has 0 N–H and O–H groups in total. The largest absolute Gasteiger partial charge is 0.490 e. The number of hydrogen-bond donors (Lipinski definition) is 0. The zero-order valence-corrected chi connectivity index (χ0v) is 15.4. The Morgan fingerprint density at radius 2 is 1.74 bits per heavy atom. The van der Waals surface area contributed by atoms with Crippen molar-refractivity contribution in [2.24, 2.45) is 0 Å². The van der Waals surface area contributed by atoms with Gasteiger partial charge in [0, 0.05) is 12.4 Å². The number of benzene rings is 2.